The molecule has 0 radical (unpaired) electrons. The number of anilines is 1. The number of amides is 1. The fourth-order valence-electron chi connectivity index (χ4n) is 4.48. The van der Waals surface area contributed by atoms with Crippen LogP contribution in [-0.2, 0) is 19.9 Å². The van der Waals surface area contributed by atoms with E-state index in [9.17, 15) is 14.7 Å². The number of aliphatic carboxylic acids is 1. The Labute approximate surface area is 255 Å². The number of carbonyl (C=O) groups is 2. The number of hydrogen-bond donors (Lipinski definition) is 3. The smallest absolute Gasteiger partial charge is 0.407 e. The number of carboxylic acid groups (broad SMARTS) is 1. The van der Waals surface area contributed by atoms with Crippen molar-refractivity contribution >= 4 is 34.2 Å². The first kappa shape index (κ1) is 31.2. The first-order valence-corrected chi connectivity index (χ1v) is 14.9. The lowest BCUT2D eigenvalue weighted by Gasteiger charge is -2.36. The van der Waals surface area contributed by atoms with Crippen molar-refractivity contribution < 1.29 is 24.3 Å². The van der Waals surface area contributed by atoms with Gasteiger partial charge in [0.1, 0.15) is 23.4 Å². The van der Waals surface area contributed by atoms with E-state index < -0.39 is 23.2 Å². The highest BCUT2D eigenvalue weighted by Gasteiger charge is 2.37. The molecule has 0 spiro atoms. The second kappa shape index (κ2) is 14.5. The highest BCUT2D eigenvalue weighted by molar-refractivity contribution is 7.14. The van der Waals surface area contributed by atoms with Gasteiger partial charge in [-0.15, -0.1) is 11.3 Å². The number of carbonyl (C=O) groups excluding carboxylic acids is 1. The maximum absolute atomic E-state index is 12.1. The number of rotatable bonds is 13. The van der Waals surface area contributed by atoms with Crippen molar-refractivity contribution in [2.24, 2.45) is 5.16 Å². The summed E-state index contributed by atoms with van der Waals surface area (Å²) in [6.07, 6.45) is 0.690. The number of benzene rings is 3. The number of alkyl carbamates (subject to hydrolysis) is 1. The van der Waals surface area contributed by atoms with Crippen molar-refractivity contribution in [3.05, 3.63) is 119 Å². The molecule has 0 aliphatic heterocycles. The molecule has 9 nitrogen and oxygen atoms in total. The summed E-state index contributed by atoms with van der Waals surface area (Å²) in [5.74, 6) is -1.25. The fraction of sp³-hybridized carbons (Fsp3) is 0.273. The standard InChI is InChI=1S/C33H36N4O5S/c1-32(2,3)42-31(40)34-21-13-14-22-41-37-28(29(38)39)27-23-43-30(35-27)36-33(24-15-7-4-8-16-24,25-17-9-5-10-18-25)26-19-11-6-12-20-26/h4-12,15-20,23H,13-14,21-22H2,1-3H3,(H,34,40)(H,35,36)(H,38,39)/b37-28-. The van der Waals surface area contributed by atoms with Crippen LogP contribution in [0.25, 0.3) is 0 Å². The molecule has 224 valence electrons. The average molecular weight is 601 g/mol. The Morgan fingerprint density at radius 2 is 1.40 bits per heavy atom. The molecule has 4 rings (SSSR count). The number of carboxylic acids is 1. The Bertz CT molecular complexity index is 1410. The van der Waals surface area contributed by atoms with Gasteiger partial charge in [-0.1, -0.05) is 96.2 Å². The number of thiazole rings is 1. The van der Waals surface area contributed by atoms with Gasteiger partial charge in [0.15, 0.2) is 5.13 Å². The van der Waals surface area contributed by atoms with Crippen LogP contribution in [0, 0.1) is 0 Å². The van der Waals surface area contributed by atoms with Crippen LogP contribution < -0.4 is 10.6 Å². The van der Waals surface area contributed by atoms with Crippen molar-refractivity contribution in [3.8, 4) is 0 Å². The number of aromatic nitrogens is 1. The Morgan fingerprint density at radius 1 is 0.860 bits per heavy atom. The van der Waals surface area contributed by atoms with E-state index in [1.165, 1.54) is 11.3 Å². The molecule has 3 N–H and O–H groups in total. The molecule has 0 unspecified atom stereocenters. The summed E-state index contributed by atoms with van der Waals surface area (Å²) in [6, 6.07) is 30.2. The van der Waals surface area contributed by atoms with Gasteiger partial charge in [-0.3, -0.25) is 0 Å². The monoisotopic (exact) mass is 600 g/mol. The molecule has 0 aliphatic carbocycles. The third-order valence-corrected chi connectivity index (χ3v) is 7.11. The summed E-state index contributed by atoms with van der Waals surface area (Å²) in [5, 5.41) is 22.2. The van der Waals surface area contributed by atoms with E-state index in [0.29, 0.717) is 24.5 Å². The Morgan fingerprint density at radius 3 is 1.88 bits per heavy atom. The topological polar surface area (TPSA) is 122 Å². The summed E-state index contributed by atoms with van der Waals surface area (Å²) in [4.78, 5) is 33.8. The maximum Gasteiger partial charge on any atom is 0.407 e. The minimum Gasteiger partial charge on any atom is -0.476 e. The van der Waals surface area contributed by atoms with Crippen LogP contribution in [0.15, 0.2) is 102 Å². The van der Waals surface area contributed by atoms with E-state index in [4.69, 9.17) is 9.57 Å². The molecule has 1 aromatic heterocycles. The van der Waals surface area contributed by atoms with Gasteiger partial charge in [0.25, 0.3) is 0 Å². The molecule has 0 atom stereocenters. The summed E-state index contributed by atoms with van der Waals surface area (Å²) < 4.78 is 5.20. The number of oxime groups is 1. The van der Waals surface area contributed by atoms with Crippen molar-refractivity contribution in [3.63, 3.8) is 0 Å². The van der Waals surface area contributed by atoms with Crippen molar-refractivity contribution in [1.82, 2.24) is 10.3 Å². The third-order valence-electron chi connectivity index (χ3n) is 6.35. The largest absolute Gasteiger partial charge is 0.476 e. The summed E-state index contributed by atoms with van der Waals surface area (Å²) >= 11 is 1.29. The van der Waals surface area contributed by atoms with Crippen LogP contribution in [-0.4, -0.2) is 46.6 Å². The first-order valence-electron chi connectivity index (χ1n) is 14.0. The molecular formula is C33H36N4O5S. The second-order valence-corrected chi connectivity index (χ2v) is 11.6. The zero-order chi connectivity index (χ0) is 30.7. The van der Waals surface area contributed by atoms with E-state index in [0.717, 1.165) is 16.7 Å². The molecule has 3 aromatic carbocycles. The van der Waals surface area contributed by atoms with Gasteiger partial charge >= 0.3 is 12.1 Å². The molecule has 4 aromatic rings. The Kier molecular flexibility index (Phi) is 10.5. The molecule has 1 heterocycles. The first-order chi connectivity index (χ1) is 20.7. The lowest BCUT2D eigenvalue weighted by atomic mass is 9.77. The SMILES string of the molecule is CC(C)(C)OC(=O)NCCCCO/N=C(\C(=O)O)c1csc(NC(c2ccccc2)(c2ccccc2)c2ccccc2)n1. The van der Waals surface area contributed by atoms with Gasteiger partial charge in [-0.25, -0.2) is 14.6 Å². The van der Waals surface area contributed by atoms with Crippen LogP contribution in [0.2, 0.25) is 0 Å². The Hall–Kier alpha value is -4.70. The number of nitrogens with zero attached hydrogens (tertiary/aromatic N) is 2. The van der Waals surface area contributed by atoms with Crippen LogP contribution >= 0.6 is 11.3 Å². The van der Waals surface area contributed by atoms with Gasteiger partial charge in [0.05, 0.1) is 0 Å². The quantitative estimate of drug-likeness (QED) is 0.0679. The second-order valence-electron chi connectivity index (χ2n) is 10.7. The van der Waals surface area contributed by atoms with E-state index in [2.05, 4.69) is 57.2 Å². The molecule has 1 amide bonds. The maximum atomic E-state index is 12.1. The summed E-state index contributed by atoms with van der Waals surface area (Å²) in [6.45, 7) is 5.98. The minimum atomic E-state index is -1.25. The highest BCUT2D eigenvalue weighted by Crippen LogP contribution is 2.40. The van der Waals surface area contributed by atoms with Crippen molar-refractivity contribution in [1.29, 1.82) is 0 Å². The lowest BCUT2D eigenvalue weighted by Crippen LogP contribution is -2.38. The third kappa shape index (κ3) is 8.42. The number of ether oxygens (including phenoxy) is 1. The van der Waals surface area contributed by atoms with Crippen LogP contribution in [0.5, 0.6) is 0 Å². The molecule has 0 bridgehead atoms. The average Bonchev–Trinajstić information content (AvgIpc) is 3.45. The van der Waals surface area contributed by atoms with E-state index in [1.807, 2.05) is 54.6 Å². The molecule has 0 fully saturated rings. The summed E-state index contributed by atoms with van der Waals surface area (Å²) in [7, 11) is 0. The fourth-order valence-corrected chi connectivity index (χ4v) is 5.23. The van der Waals surface area contributed by atoms with Crippen LogP contribution in [0.4, 0.5) is 9.93 Å². The lowest BCUT2D eigenvalue weighted by molar-refractivity contribution is -0.129. The van der Waals surface area contributed by atoms with Crippen molar-refractivity contribution in [2.45, 2.75) is 44.8 Å². The summed E-state index contributed by atoms with van der Waals surface area (Å²) in [5.41, 5.74) is 1.54. The highest BCUT2D eigenvalue weighted by atomic mass is 32.1. The van der Waals surface area contributed by atoms with Gasteiger partial charge in [-0.05, 0) is 50.3 Å². The van der Waals surface area contributed by atoms with E-state index >= 15 is 0 Å². The van der Waals surface area contributed by atoms with E-state index in [1.54, 1.807) is 26.2 Å². The molecule has 0 aliphatic rings. The number of unbranched alkanes of at least 4 members (excludes halogenated alkanes) is 1. The van der Waals surface area contributed by atoms with Crippen LogP contribution in [0.3, 0.4) is 0 Å². The Balaban J connectivity index is 1.51. The normalized spacial score (nSPS) is 11.9. The number of hydrogen-bond acceptors (Lipinski definition) is 8. The molecule has 10 heteroatoms. The molecule has 0 saturated carbocycles. The van der Waals surface area contributed by atoms with Gasteiger partial charge in [0.2, 0.25) is 5.71 Å². The van der Waals surface area contributed by atoms with Crippen molar-refractivity contribution in [2.75, 3.05) is 18.5 Å². The molecular weight excluding hydrogens is 564 g/mol. The predicted molar refractivity (Wildman–Crippen MR) is 169 cm³/mol. The van der Waals surface area contributed by atoms with Gasteiger partial charge < -0.3 is 25.3 Å². The zero-order valence-corrected chi connectivity index (χ0v) is 25.3. The predicted octanol–water partition coefficient (Wildman–Crippen LogP) is 6.66. The number of nitrogens with one attached hydrogen (secondary N) is 2. The van der Waals surface area contributed by atoms with Gasteiger partial charge in [0, 0.05) is 11.9 Å². The molecule has 0 saturated heterocycles. The zero-order valence-electron chi connectivity index (χ0n) is 24.4. The minimum absolute atomic E-state index is 0.182. The molecule has 43 heavy (non-hydrogen) atoms. The van der Waals surface area contributed by atoms with Gasteiger partial charge in [-0.2, -0.15) is 0 Å². The van der Waals surface area contributed by atoms with Crippen LogP contribution in [0.1, 0.15) is 56.0 Å². The van der Waals surface area contributed by atoms with E-state index in [-0.39, 0.29) is 18.0 Å².